The molecule has 0 spiro atoms. The average Bonchev–Trinajstić information content (AvgIpc) is 2.42. The number of thioether (sulfide) groups is 1. The van der Waals surface area contributed by atoms with Crippen LogP contribution in [0.1, 0.15) is 31.1 Å². The van der Waals surface area contributed by atoms with Gasteiger partial charge in [-0.2, -0.15) is 11.8 Å². The molecule has 1 atom stereocenters. The summed E-state index contributed by atoms with van der Waals surface area (Å²) >= 11 is 1.85. The van der Waals surface area contributed by atoms with E-state index in [-0.39, 0.29) is 0 Å². The Kier molecular flexibility index (Phi) is 8.67. The molecular weight excluding hydrogens is 266 g/mol. The van der Waals surface area contributed by atoms with E-state index in [9.17, 15) is 5.11 Å². The summed E-state index contributed by atoms with van der Waals surface area (Å²) < 4.78 is 0. The number of aliphatic hydroxyl groups is 1. The fourth-order valence-electron chi connectivity index (χ4n) is 2.01. The fraction of sp³-hybridized carbons (Fsp3) is 0.529. The first-order chi connectivity index (χ1) is 9.63. The zero-order valence-corrected chi connectivity index (χ0v) is 13.5. The van der Waals surface area contributed by atoms with Crippen LogP contribution in [-0.4, -0.2) is 29.7 Å². The number of hydrogen-bond acceptors (Lipinski definition) is 3. The fourth-order valence-corrected chi connectivity index (χ4v) is 2.64. The Morgan fingerprint density at radius 1 is 1.30 bits per heavy atom. The maximum atomic E-state index is 10.1. The van der Waals surface area contributed by atoms with Crippen LogP contribution < -0.4 is 5.32 Å². The van der Waals surface area contributed by atoms with Gasteiger partial charge in [0, 0.05) is 24.6 Å². The molecule has 0 aliphatic heterocycles. The van der Waals surface area contributed by atoms with Gasteiger partial charge in [-0.1, -0.05) is 44.2 Å². The van der Waals surface area contributed by atoms with E-state index >= 15 is 0 Å². The van der Waals surface area contributed by atoms with Crippen molar-refractivity contribution in [3.63, 3.8) is 0 Å². The Labute approximate surface area is 127 Å². The summed E-state index contributed by atoms with van der Waals surface area (Å²) in [5.41, 5.74) is 2.33. The number of nitrogens with one attached hydrogen (secondary N) is 1. The van der Waals surface area contributed by atoms with Crippen LogP contribution in [-0.2, 0) is 6.42 Å². The number of aliphatic hydroxyl groups excluding tert-OH is 1. The van der Waals surface area contributed by atoms with E-state index in [1.54, 1.807) is 0 Å². The molecule has 0 radical (unpaired) electrons. The van der Waals surface area contributed by atoms with Crippen LogP contribution >= 0.6 is 11.8 Å². The first-order valence-electron chi connectivity index (χ1n) is 7.29. The monoisotopic (exact) mass is 293 g/mol. The smallest absolute Gasteiger partial charge is 0.0914 e. The zero-order valence-electron chi connectivity index (χ0n) is 12.6. The molecule has 0 bridgehead atoms. The van der Waals surface area contributed by atoms with E-state index < -0.39 is 6.10 Å². The van der Waals surface area contributed by atoms with Crippen molar-refractivity contribution in [2.45, 2.75) is 26.4 Å². The van der Waals surface area contributed by atoms with Gasteiger partial charge >= 0.3 is 0 Å². The van der Waals surface area contributed by atoms with Crippen molar-refractivity contribution in [2.24, 2.45) is 5.92 Å². The topological polar surface area (TPSA) is 32.3 Å². The van der Waals surface area contributed by atoms with E-state index in [4.69, 9.17) is 0 Å². The second kappa shape index (κ2) is 10.0. The molecule has 2 nitrogen and oxygen atoms in total. The summed E-state index contributed by atoms with van der Waals surface area (Å²) in [5, 5.41) is 13.4. The third-order valence-electron chi connectivity index (χ3n) is 3.01. The van der Waals surface area contributed by atoms with Gasteiger partial charge in [0.1, 0.15) is 0 Å². The lowest BCUT2D eigenvalue weighted by Crippen LogP contribution is -2.23. The Bertz CT molecular complexity index is 375. The Balaban J connectivity index is 2.28. The van der Waals surface area contributed by atoms with Crippen LogP contribution in [0.2, 0.25) is 0 Å². The van der Waals surface area contributed by atoms with Crippen molar-refractivity contribution >= 4 is 11.8 Å². The third kappa shape index (κ3) is 7.13. The van der Waals surface area contributed by atoms with Crippen molar-refractivity contribution in [3.05, 3.63) is 48.0 Å². The van der Waals surface area contributed by atoms with Crippen LogP contribution in [0.3, 0.4) is 0 Å². The molecule has 3 heteroatoms. The molecule has 112 valence electrons. The lowest BCUT2D eigenvalue weighted by molar-refractivity contribution is 0.175. The van der Waals surface area contributed by atoms with Crippen LogP contribution in [0, 0.1) is 5.92 Å². The van der Waals surface area contributed by atoms with Crippen LogP contribution in [0.5, 0.6) is 0 Å². The largest absolute Gasteiger partial charge is 0.387 e. The molecule has 0 amide bonds. The molecule has 0 aliphatic carbocycles. The quantitative estimate of drug-likeness (QED) is 0.512. The first kappa shape index (κ1) is 17.3. The zero-order chi connectivity index (χ0) is 14.8. The number of benzene rings is 1. The average molecular weight is 293 g/mol. The number of hydrogen-bond donors (Lipinski definition) is 2. The van der Waals surface area contributed by atoms with Gasteiger partial charge in [0.15, 0.2) is 0 Å². The predicted octanol–water partition coefficient (Wildman–Crippen LogP) is 3.43. The van der Waals surface area contributed by atoms with Crippen molar-refractivity contribution in [1.82, 2.24) is 5.32 Å². The minimum absolute atomic E-state index is 0.424. The standard InChI is InChI=1S/C17H27NOS/c1-4-10-20-11-9-18-13-17(19)16-7-5-15(6-8-16)12-14(2)3/h4-8,14,17-19H,1,9-13H2,2-3H3. The highest BCUT2D eigenvalue weighted by atomic mass is 32.2. The molecular formula is C17H27NOS. The third-order valence-corrected chi connectivity index (χ3v) is 3.97. The van der Waals surface area contributed by atoms with Gasteiger partial charge in [-0.25, -0.2) is 0 Å². The van der Waals surface area contributed by atoms with Crippen molar-refractivity contribution < 1.29 is 5.11 Å². The highest BCUT2D eigenvalue weighted by molar-refractivity contribution is 7.99. The van der Waals surface area contributed by atoms with E-state index in [0.717, 1.165) is 30.0 Å². The molecule has 0 fully saturated rings. The Morgan fingerprint density at radius 3 is 2.60 bits per heavy atom. The molecule has 1 unspecified atom stereocenters. The molecule has 0 heterocycles. The summed E-state index contributed by atoms with van der Waals surface area (Å²) in [5.74, 6) is 2.70. The second-order valence-electron chi connectivity index (χ2n) is 5.42. The lowest BCUT2D eigenvalue weighted by atomic mass is 10.0. The molecule has 1 aromatic carbocycles. The van der Waals surface area contributed by atoms with E-state index in [0.29, 0.717) is 12.5 Å². The highest BCUT2D eigenvalue weighted by Crippen LogP contribution is 2.15. The van der Waals surface area contributed by atoms with Gasteiger partial charge in [-0.15, -0.1) is 6.58 Å². The molecule has 0 saturated heterocycles. The van der Waals surface area contributed by atoms with E-state index in [2.05, 4.69) is 37.9 Å². The van der Waals surface area contributed by atoms with E-state index in [1.807, 2.05) is 30.0 Å². The minimum atomic E-state index is -0.424. The Hall–Kier alpha value is -0.770. The van der Waals surface area contributed by atoms with Gasteiger partial charge in [-0.3, -0.25) is 0 Å². The minimum Gasteiger partial charge on any atom is -0.387 e. The lowest BCUT2D eigenvalue weighted by Gasteiger charge is -2.13. The first-order valence-corrected chi connectivity index (χ1v) is 8.45. The summed E-state index contributed by atoms with van der Waals surface area (Å²) in [6, 6.07) is 8.32. The predicted molar refractivity (Wildman–Crippen MR) is 90.3 cm³/mol. The number of rotatable bonds is 10. The van der Waals surface area contributed by atoms with Crippen molar-refractivity contribution in [3.8, 4) is 0 Å². The summed E-state index contributed by atoms with van der Waals surface area (Å²) in [7, 11) is 0. The maximum absolute atomic E-state index is 10.1. The van der Waals surface area contributed by atoms with E-state index in [1.165, 1.54) is 5.56 Å². The second-order valence-corrected chi connectivity index (χ2v) is 6.57. The molecule has 0 aromatic heterocycles. The molecule has 0 aliphatic rings. The highest BCUT2D eigenvalue weighted by Gasteiger charge is 2.07. The molecule has 0 saturated carbocycles. The normalized spacial score (nSPS) is 12.6. The maximum Gasteiger partial charge on any atom is 0.0914 e. The summed E-state index contributed by atoms with van der Waals surface area (Å²) in [6.07, 6.45) is 2.58. The molecule has 20 heavy (non-hydrogen) atoms. The SMILES string of the molecule is C=CCSCCNCC(O)c1ccc(CC(C)C)cc1. The van der Waals surface area contributed by atoms with Crippen LogP contribution in [0.25, 0.3) is 0 Å². The van der Waals surface area contributed by atoms with Crippen LogP contribution in [0.15, 0.2) is 36.9 Å². The molecule has 1 rings (SSSR count). The molecule has 2 N–H and O–H groups in total. The van der Waals surface area contributed by atoms with Gasteiger partial charge < -0.3 is 10.4 Å². The Morgan fingerprint density at radius 2 is 2.00 bits per heavy atom. The molecule has 1 aromatic rings. The summed E-state index contributed by atoms with van der Waals surface area (Å²) in [4.78, 5) is 0. The van der Waals surface area contributed by atoms with Crippen molar-refractivity contribution in [1.29, 1.82) is 0 Å². The van der Waals surface area contributed by atoms with Crippen molar-refractivity contribution in [2.75, 3.05) is 24.6 Å². The summed E-state index contributed by atoms with van der Waals surface area (Å²) in [6.45, 7) is 9.66. The van der Waals surface area contributed by atoms with Gasteiger partial charge in [0.05, 0.1) is 6.10 Å². The van der Waals surface area contributed by atoms with Gasteiger partial charge in [-0.05, 0) is 23.5 Å². The van der Waals surface area contributed by atoms with Gasteiger partial charge in [0.25, 0.3) is 0 Å². The van der Waals surface area contributed by atoms with Crippen LogP contribution in [0.4, 0.5) is 0 Å². The van der Waals surface area contributed by atoms with Gasteiger partial charge in [0.2, 0.25) is 0 Å².